The predicted molar refractivity (Wildman–Crippen MR) is 133 cm³/mol. The SMILES string of the molecule is CCc1ccc(/C=C2\Sc3ccccc3N(CC(=O)NCc3ccccc3OC)C2=O)cc1. The first-order chi connectivity index (χ1) is 16.1. The first-order valence-electron chi connectivity index (χ1n) is 10.9. The van der Waals surface area contributed by atoms with Crippen LogP contribution in [0.4, 0.5) is 5.69 Å². The average molecular weight is 459 g/mol. The minimum Gasteiger partial charge on any atom is -0.496 e. The Morgan fingerprint density at radius 3 is 2.52 bits per heavy atom. The molecule has 0 atom stereocenters. The van der Waals surface area contributed by atoms with Crippen molar-refractivity contribution in [2.24, 2.45) is 0 Å². The molecule has 0 saturated heterocycles. The molecule has 33 heavy (non-hydrogen) atoms. The summed E-state index contributed by atoms with van der Waals surface area (Å²) in [4.78, 5) is 29.3. The number of fused-ring (bicyclic) bond motifs is 1. The number of carbonyl (C=O) groups excluding carboxylic acids is 2. The molecule has 0 unspecified atom stereocenters. The van der Waals surface area contributed by atoms with Crippen LogP contribution in [0.15, 0.2) is 82.6 Å². The van der Waals surface area contributed by atoms with Crippen LogP contribution in [0.1, 0.15) is 23.6 Å². The molecule has 6 heteroatoms. The van der Waals surface area contributed by atoms with Crippen molar-refractivity contribution in [2.45, 2.75) is 24.8 Å². The van der Waals surface area contributed by atoms with Gasteiger partial charge in [0, 0.05) is 17.0 Å². The minimum atomic E-state index is -0.234. The molecule has 1 heterocycles. The van der Waals surface area contributed by atoms with Crippen LogP contribution >= 0.6 is 11.8 Å². The van der Waals surface area contributed by atoms with E-state index in [0.717, 1.165) is 28.1 Å². The van der Waals surface area contributed by atoms with Gasteiger partial charge in [-0.15, -0.1) is 0 Å². The molecule has 0 aromatic heterocycles. The van der Waals surface area contributed by atoms with Crippen molar-refractivity contribution in [3.8, 4) is 5.75 Å². The molecular weight excluding hydrogens is 432 g/mol. The first kappa shape index (κ1) is 22.7. The largest absolute Gasteiger partial charge is 0.496 e. The summed E-state index contributed by atoms with van der Waals surface area (Å²) in [7, 11) is 1.60. The molecule has 0 aliphatic carbocycles. The second-order valence-electron chi connectivity index (χ2n) is 7.65. The lowest BCUT2D eigenvalue weighted by Crippen LogP contribution is -2.42. The highest BCUT2D eigenvalue weighted by Crippen LogP contribution is 2.41. The highest BCUT2D eigenvalue weighted by atomic mass is 32.2. The van der Waals surface area contributed by atoms with E-state index in [2.05, 4.69) is 24.4 Å². The molecule has 168 valence electrons. The van der Waals surface area contributed by atoms with Gasteiger partial charge < -0.3 is 10.1 Å². The molecule has 0 bridgehead atoms. The topological polar surface area (TPSA) is 58.6 Å². The fraction of sp³-hybridized carbons (Fsp3) is 0.185. The molecule has 0 spiro atoms. The third kappa shape index (κ3) is 5.29. The number of nitrogens with one attached hydrogen (secondary N) is 1. The standard InChI is InChI=1S/C27H26N2O3S/c1-3-19-12-14-20(15-13-19)16-25-27(31)29(22-9-5-7-11-24(22)33-25)18-26(30)28-17-21-8-4-6-10-23(21)32-2/h4-16H,3,17-18H2,1-2H3,(H,28,30)/b25-16-. The number of benzene rings is 3. The molecule has 1 N–H and O–H groups in total. The molecule has 3 aromatic carbocycles. The van der Waals surface area contributed by atoms with Crippen LogP contribution in [0.5, 0.6) is 5.75 Å². The molecule has 2 amide bonds. The number of hydrogen-bond acceptors (Lipinski definition) is 4. The Bertz CT molecular complexity index is 1190. The third-order valence-corrected chi connectivity index (χ3v) is 6.57. The zero-order valence-corrected chi connectivity index (χ0v) is 19.5. The lowest BCUT2D eigenvalue weighted by Gasteiger charge is -2.29. The summed E-state index contributed by atoms with van der Waals surface area (Å²) in [5, 5.41) is 2.91. The van der Waals surface area contributed by atoms with E-state index in [4.69, 9.17) is 4.74 Å². The number of methoxy groups -OCH3 is 1. The van der Waals surface area contributed by atoms with Crippen molar-refractivity contribution >= 4 is 35.3 Å². The van der Waals surface area contributed by atoms with Crippen molar-refractivity contribution < 1.29 is 14.3 Å². The molecule has 1 aliphatic heterocycles. The van der Waals surface area contributed by atoms with E-state index in [1.165, 1.54) is 17.3 Å². The molecule has 4 rings (SSSR count). The van der Waals surface area contributed by atoms with Crippen molar-refractivity contribution in [1.29, 1.82) is 0 Å². The molecule has 0 radical (unpaired) electrons. The summed E-state index contributed by atoms with van der Waals surface area (Å²) < 4.78 is 5.35. The number of ether oxygens (including phenoxy) is 1. The van der Waals surface area contributed by atoms with Gasteiger partial charge in [-0.3, -0.25) is 14.5 Å². The van der Waals surface area contributed by atoms with E-state index in [1.54, 1.807) is 12.0 Å². The van der Waals surface area contributed by atoms with E-state index in [9.17, 15) is 9.59 Å². The first-order valence-corrected chi connectivity index (χ1v) is 11.7. The fourth-order valence-corrected chi connectivity index (χ4v) is 4.72. The molecule has 1 aliphatic rings. The monoisotopic (exact) mass is 458 g/mol. The highest BCUT2D eigenvalue weighted by molar-refractivity contribution is 8.04. The van der Waals surface area contributed by atoms with Crippen molar-refractivity contribution in [1.82, 2.24) is 5.32 Å². The van der Waals surface area contributed by atoms with E-state index in [1.807, 2.05) is 66.7 Å². The number of para-hydroxylation sites is 2. The third-order valence-electron chi connectivity index (χ3n) is 5.49. The van der Waals surface area contributed by atoms with Crippen molar-refractivity contribution in [2.75, 3.05) is 18.6 Å². The normalized spacial score (nSPS) is 14.2. The zero-order chi connectivity index (χ0) is 23.2. The van der Waals surface area contributed by atoms with Crippen LogP contribution < -0.4 is 15.0 Å². The number of hydrogen-bond donors (Lipinski definition) is 1. The maximum Gasteiger partial charge on any atom is 0.265 e. The Kier molecular flexibility index (Phi) is 7.15. The van der Waals surface area contributed by atoms with Gasteiger partial charge in [-0.05, 0) is 41.8 Å². The molecule has 0 fully saturated rings. The van der Waals surface area contributed by atoms with Gasteiger partial charge in [0.25, 0.3) is 5.91 Å². The summed E-state index contributed by atoms with van der Waals surface area (Å²) in [6.07, 6.45) is 2.86. The predicted octanol–water partition coefficient (Wildman–Crippen LogP) is 5.05. The quantitative estimate of drug-likeness (QED) is 0.503. The number of aryl methyl sites for hydroxylation is 1. The van der Waals surface area contributed by atoms with Crippen LogP contribution in [0.3, 0.4) is 0 Å². The number of amides is 2. The van der Waals surface area contributed by atoms with E-state index in [0.29, 0.717) is 17.2 Å². The number of rotatable bonds is 7. The van der Waals surface area contributed by atoms with E-state index < -0.39 is 0 Å². The Balaban J connectivity index is 1.53. The Labute approximate surface area is 198 Å². The summed E-state index contributed by atoms with van der Waals surface area (Å²) in [6.45, 7) is 2.38. The van der Waals surface area contributed by atoms with Gasteiger partial charge in [-0.1, -0.05) is 73.3 Å². The van der Waals surface area contributed by atoms with Crippen LogP contribution in [-0.2, 0) is 22.6 Å². The van der Waals surface area contributed by atoms with Crippen molar-refractivity contribution in [3.63, 3.8) is 0 Å². The van der Waals surface area contributed by atoms with E-state index >= 15 is 0 Å². The maximum atomic E-state index is 13.4. The van der Waals surface area contributed by atoms with Crippen LogP contribution in [0, 0.1) is 0 Å². The Hall–Kier alpha value is -3.51. The van der Waals surface area contributed by atoms with Gasteiger partial charge in [0.15, 0.2) is 0 Å². The Morgan fingerprint density at radius 2 is 1.76 bits per heavy atom. The number of anilines is 1. The smallest absolute Gasteiger partial charge is 0.265 e. The summed E-state index contributed by atoms with van der Waals surface area (Å²) in [5.41, 5.74) is 3.84. The molecule has 3 aromatic rings. The second-order valence-corrected chi connectivity index (χ2v) is 8.74. The number of carbonyl (C=O) groups is 2. The number of nitrogens with zero attached hydrogens (tertiary/aromatic N) is 1. The molecule has 5 nitrogen and oxygen atoms in total. The van der Waals surface area contributed by atoms with Gasteiger partial charge in [0.1, 0.15) is 12.3 Å². The zero-order valence-electron chi connectivity index (χ0n) is 18.7. The maximum absolute atomic E-state index is 13.4. The van der Waals surface area contributed by atoms with Gasteiger partial charge in [-0.2, -0.15) is 0 Å². The van der Waals surface area contributed by atoms with Gasteiger partial charge >= 0.3 is 0 Å². The second kappa shape index (κ2) is 10.4. The van der Waals surface area contributed by atoms with Gasteiger partial charge in [-0.25, -0.2) is 0 Å². The van der Waals surface area contributed by atoms with Crippen LogP contribution in [0.25, 0.3) is 6.08 Å². The van der Waals surface area contributed by atoms with Gasteiger partial charge in [0.05, 0.1) is 17.7 Å². The number of thioether (sulfide) groups is 1. The highest BCUT2D eigenvalue weighted by Gasteiger charge is 2.30. The lowest BCUT2D eigenvalue weighted by molar-refractivity contribution is -0.122. The average Bonchev–Trinajstić information content (AvgIpc) is 2.86. The minimum absolute atomic E-state index is 0.0579. The summed E-state index contributed by atoms with van der Waals surface area (Å²) >= 11 is 1.44. The Morgan fingerprint density at radius 1 is 1.03 bits per heavy atom. The summed E-state index contributed by atoms with van der Waals surface area (Å²) in [5.74, 6) is 0.307. The van der Waals surface area contributed by atoms with Gasteiger partial charge in [0.2, 0.25) is 5.91 Å². The molecular formula is C27H26N2O3S. The van der Waals surface area contributed by atoms with Crippen LogP contribution in [0.2, 0.25) is 0 Å². The lowest BCUT2D eigenvalue weighted by atomic mass is 10.1. The summed E-state index contributed by atoms with van der Waals surface area (Å²) in [6, 6.07) is 23.4. The van der Waals surface area contributed by atoms with Crippen molar-refractivity contribution in [3.05, 3.63) is 94.4 Å². The molecule has 0 saturated carbocycles. The van der Waals surface area contributed by atoms with E-state index in [-0.39, 0.29) is 18.4 Å². The van der Waals surface area contributed by atoms with Crippen LogP contribution in [-0.4, -0.2) is 25.5 Å². The fourth-order valence-electron chi connectivity index (χ4n) is 3.66.